The van der Waals surface area contributed by atoms with Gasteiger partial charge < -0.3 is 15.4 Å². The summed E-state index contributed by atoms with van der Waals surface area (Å²) in [6.45, 7) is 4.75. The van der Waals surface area contributed by atoms with Crippen LogP contribution in [0.4, 0.5) is 24.8 Å². The first-order valence-corrected chi connectivity index (χ1v) is 6.01. The highest BCUT2D eigenvalue weighted by Gasteiger charge is 2.33. The minimum absolute atomic E-state index is 0.0543. The summed E-state index contributed by atoms with van der Waals surface area (Å²) < 4.78 is 43.8. The molecule has 4 nitrogen and oxygen atoms in total. The van der Waals surface area contributed by atoms with Gasteiger partial charge in [-0.05, 0) is 26.0 Å². The van der Waals surface area contributed by atoms with Crippen LogP contribution in [0.2, 0.25) is 0 Å². The number of ether oxygens (including phenoxy) is 1. The third kappa shape index (κ3) is 3.28. The molecule has 1 saturated heterocycles. The first kappa shape index (κ1) is 13.9. The van der Waals surface area contributed by atoms with Crippen molar-refractivity contribution in [2.45, 2.75) is 32.2 Å². The molecule has 2 N–H and O–H groups in total. The molecular formula is C12H16F3N3O. The molecule has 0 radical (unpaired) electrons. The van der Waals surface area contributed by atoms with E-state index in [2.05, 4.69) is 4.98 Å². The van der Waals surface area contributed by atoms with Gasteiger partial charge in [0, 0.05) is 13.1 Å². The Bertz CT molecular complexity index is 454. The number of hydrogen-bond acceptors (Lipinski definition) is 4. The summed E-state index contributed by atoms with van der Waals surface area (Å²) in [6.07, 6.45) is -4.53. The Hall–Kier alpha value is -1.50. The lowest BCUT2D eigenvalue weighted by Gasteiger charge is -2.36. The summed E-state index contributed by atoms with van der Waals surface area (Å²) in [4.78, 5) is 5.76. The topological polar surface area (TPSA) is 51.4 Å². The molecule has 2 atom stereocenters. The molecule has 1 aromatic rings. The van der Waals surface area contributed by atoms with Gasteiger partial charge in [-0.15, -0.1) is 0 Å². The fourth-order valence-corrected chi connectivity index (χ4v) is 2.23. The van der Waals surface area contributed by atoms with Crippen LogP contribution in [0.25, 0.3) is 0 Å². The molecule has 1 aromatic heterocycles. The molecule has 1 fully saturated rings. The van der Waals surface area contributed by atoms with E-state index in [0.717, 1.165) is 12.1 Å². The van der Waals surface area contributed by atoms with E-state index < -0.39 is 11.7 Å². The molecule has 2 unspecified atom stereocenters. The number of morpholine rings is 1. The van der Waals surface area contributed by atoms with Crippen molar-refractivity contribution in [1.82, 2.24) is 4.98 Å². The minimum Gasteiger partial charge on any atom is -0.384 e. The second kappa shape index (κ2) is 4.88. The SMILES string of the molecule is CC1CN(c2cc(C(F)(F)F)cc(N)n2)CC(C)O1. The standard InChI is InChI=1S/C12H16F3N3O/c1-7-5-18(6-8(2)19-7)11-4-9(12(13,14)15)3-10(16)17-11/h3-4,7-8H,5-6H2,1-2H3,(H2,16,17). The Morgan fingerprint density at radius 2 is 1.84 bits per heavy atom. The number of nitrogens with two attached hydrogens (primary N) is 1. The van der Waals surface area contributed by atoms with E-state index >= 15 is 0 Å². The lowest BCUT2D eigenvalue weighted by Crippen LogP contribution is -2.46. The smallest absolute Gasteiger partial charge is 0.384 e. The van der Waals surface area contributed by atoms with Crippen LogP contribution in [0.1, 0.15) is 19.4 Å². The average Bonchev–Trinajstić information content (AvgIpc) is 2.25. The summed E-state index contributed by atoms with van der Waals surface area (Å²) in [5, 5.41) is 0. The normalized spacial score (nSPS) is 24.6. The number of halogens is 3. The van der Waals surface area contributed by atoms with Gasteiger partial charge in [-0.3, -0.25) is 0 Å². The first-order chi connectivity index (χ1) is 8.75. The van der Waals surface area contributed by atoms with Crippen molar-refractivity contribution >= 4 is 11.6 Å². The van der Waals surface area contributed by atoms with Crippen molar-refractivity contribution in [2.75, 3.05) is 23.7 Å². The maximum Gasteiger partial charge on any atom is 0.416 e. The van der Waals surface area contributed by atoms with Crippen LogP contribution < -0.4 is 10.6 Å². The predicted octanol–water partition coefficient (Wildman–Crippen LogP) is 2.30. The summed E-state index contributed by atoms with van der Waals surface area (Å²) in [7, 11) is 0. The van der Waals surface area contributed by atoms with E-state index in [-0.39, 0.29) is 23.8 Å². The fourth-order valence-electron chi connectivity index (χ4n) is 2.23. The highest BCUT2D eigenvalue weighted by Crippen LogP contribution is 2.32. The van der Waals surface area contributed by atoms with Crippen molar-refractivity contribution in [3.8, 4) is 0 Å². The molecule has 0 bridgehead atoms. The summed E-state index contributed by atoms with van der Waals surface area (Å²) in [6, 6.07) is 1.87. The number of hydrogen-bond donors (Lipinski definition) is 1. The third-order valence-electron chi connectivity index (χ3n) is 2.90. The maximum atomic E-state index is 12.7. The van der Waals surface area contributed by atoms with E-state index in [1.165, 1.54) is 0 Å². The number of pyridine rings is 1. The number of aromatic nitrogens is 1. The van der Waals surface area contributed by atoms with Gasteiger partial charge in [0.1, 0.15) is 11.6 Å². The van der Waals surface area contributed by atoms with Gasteiger partial charge >= 0.3 is 6.18 Å². The van der Waals surface area contributed by atoms with Crippen molar-refractivity contribution in [2.24, 2.45) is 0 Å². The second-order valence-corrected chi connectivity index (χ2v) is 4.80. The Morgan fingerprint density at radius 1 is 1.26 bits per heavy atom. The Morgan fingerprint density at radius 3 is 2.37 bits per heavy atom. The monoisotopic (exact) mass is 275 g/mol. The molecule has 106 valence electrons. The molecule has 1 aliphatic rings. The second-order valence-electron chi connectivity index (χ2n) is 4.80. The zero-order valence-electron chi connectivity index (χ0n) is 10.7. The van der Waals surface area contributed by atoms with Crippen molar-refractivity contribution in [3.05, 3.63) is 17.7 Å². The van der Waals surface area contributed by atoms with Gasteiger partial charge in [0.05, 0.1) is 17.8 Å². The van der Waals surface area contributed by atoms with Crippen molar-refractivity contribution < 1.29 is 17.9 Å². The summed E-state index contributed by atoms with van der Waals surface area (Å²) >= 11 is 0. The Balaban J connectivity index is 2.31. The zero-order valence-corrected chi connectivity index (χ0v) is 10.7. The molecule has 0 saturated carbocycles. The molecule has 2 heterocycles. The average molecular weight is 275 g/mol. The van der Waals surface area contributed by atoms with Gasteiger partial charge in [0.25, 0.3) is 0 Å². The van der Waals surface area contributed by atoms with Gasteiger partial charge in [-0.25, -0.2) is 4.98 Å². The van der Waals surface area contributed by atoms with Gasteiger partial charge in [0.2, 0.25) is 0 Å². The molecule has 1 aliphatic heterocycles. The molecule has 0 amide bonds. The number of nitrogen functional groups attached to an aromatic ring is 1. The molecule has 0 aromatic carbocycles. The molecular weight excluding hydrogens is 259 g/mol. The summed E-state index contributed by atoms with van der Waals surface area (Å²) in [5.74, 6) is 0.117. The highest BCUT2D eigenvalue weighted by molar-refractivity contribution is 5.49. The van der Waals surface area contributed by atoms with Gasteiger partial charge in [0.15, 0.2) is 0 Å². The lowest BCUT2D eigenvalue weighted by molar-refractivity contribution is -0.137. The first-order valence-electron chi connectivity index (χ1n) is 6.01. The number of anilines is 2. The van der Waals surface area contributed by atoms with Crippen LogP contribution in [0.15, 0.2) is 12.1 Å². The lowest BCUT2D eigenvalue weighted by atomic mass is 10.2. The molecule has 7 heteroatoms. The Kier molecular flexibility index (Phi) is 3.58. The quantitative estimate of drug-likeness (QED) is 0.854. The summed E-state index contributed by atoms with van der Waals surface area (Å²) in [5.41, 5.74) is 4.69. The van der Waals surface area contributed by atoms with E-state index in [4.69, 9.17) is 10.5 Å². The van der Waals surface area contributed by atoms with E-state index in [1.54, 1.807) is 4.90 Å². The van der Waals surface area contributed by atoms with Crippen LogP contribution in [-0.2, 0) is 10.9 Å². The zero-order chi connectivity index (χ0) is 14.2. The highest BCUT2D eigenvalue weighted by atomic mass is 19.4. The van der Waals surface area contributed by atoms with Crippen LogP contribution in [0, 0.1) is 0 Å². The fraction of sp³-hybridized carbons (Fsp3) is 0.583. The van der Waals surface area contributed by atoms with Crippen LogP contribution >= 0.6 is 0 Å². The van der Waals surface area contributed by atoms with Gasteiger partial charge in [-0.1, -0.05) is 0 Å². The number of alkyl halides is 3. The molecule has 0 aliphatic carbocycles. The number of nitrogens with zero attached hydrogens (tertiary/aromatic N) is 2. The molecule has 0 spiro atoms. The van der Waals surface area contributed by atoms with Crippen LogP contribution in [0.3, 0.4) is 0 Å². The Labute approximate surface area is 109 Å². The van der Waals surface area contributed by atoms with E-state index in [9.17, 15) is 13.2 Å². The van der Waals surface area contributed by atoms with E-state index in [0.29, 0.717) is 13.1 Å². The maximum absolute atomic E-state index is 12.7. The predicted molar refractivity (Wildman–Crippen MR) is 65.9 cm³/mol. The van der Waals surface area contributed by atoms with Crippen LogP contribution in [-0.4, -0.2) is 30.3 Å². The minimum atomic E-state index is -4.42. The van der Waals surface area contributed by atoms with Crippen molar-refractivity contribution in [3.63, 3.8) is 0 Å². The number of rotatable bonds is 1. The third-order valence-corrected chi connectivity index (χ3v) is 2.90. The van der Waals surface area contributed by atoms with E-state index in [1.807, 2.05) is 13.8 Å². The van der Waals surface area contributed by atoms with Gasteiger partial charge in [-0.2, -0.15) is 13.2 Å². The molecule has 2 rings (SSSR count). The largest absolute Gasteiger partial charge is 0.416 e. The van der Waals surface area contributed by atoms with Crippen LogP contribution in [0.5, 0.6) is 0 Å². The van der Waals surface area contributed by atoms with Crippen molar-refractivity contribution in [1.29, 1.82) is 0 Å². The molecule has 19 heavy (non-hydrogen) atoms.